The Kier molecular flexibility index (Phi) is 3.96. The van der Waals surface area contributed by atoms with E-state index >= 15 is 0 Å². The first-order valence-corrected chi connectivity index (χ1v) is 8.22. The second kappa shape index (κ2) is 6.41. The predicted octanol–water partition coefficient (Wildman–Crippen LogP) is 2.26. The van der Waals surface area contributed by atoms with Crippen molar-refractivity contribution < 1.29 is 0 Å². The van der Waals surface area contributed by atoms with Gasteiger partial charge in [-0.3, -0.25) is 4.57 Å². The first-order chi connectivity index (χ1) is 11.8. The number of hydrogen-bond donors (Lipinski definition) is 1. The van der Waals surface area contributed by atoms with Crippen LogP contribution in [0.5, 0.6) is 0 Å². The first-order valence-electron chi connectivity index (χ1n) is 8.22. The van der Waals surface area contributed by atoms with E-state index in [1.807, 2.05) is 35.2 Å². The van der Waals surface area contributed by atoms with Crippen LogP contribution in [0.3, 0.4) is 0 Å². The normalized spacial score (nSPS) is 17.9. The van der Waals surface area contributed by atoms with Crippen molar-refractivity contribution >= 4 is 5.82 Å². The lowest BCUT2D eigenvalue weighted by atomic mass is 10.1. The third-order valence-corrected chi connectivity index (χ3v) is 4.36. The summed E-state index contributed by atoms with van der Waals surface area (Å²) >= 11 is 0. The van der Waals surface area contributed by atoms with Crippen LogP contribution in [0.25, 0.3) is 17.1 Å². The first kappa shape index (κ1) is 14.8. The Labute approximate surface area is 141 Å². The molecule has 3 aromatic rings. The predicted molar refractivity (Wildman–Crippen MR) is 94.0 cm³/mol. The van der Waals surface area contributed by atoms with Crippen LogP contribution in [0.15, 0.2) is 55.2 Å². The number of piperidine rings is 1. The number of aromatic nitrogens is 4. The number of imidazole rings is 1. The average Bonchev–Trinajstić information content (AvgIpc) is 3.12. The van der Waals surface area contributed by atoms with Crippen LogP contribution in [-0.4, -0.2) is 38.7 Å². The van der Waals surface area contributed by atoms with Gasteiger partial charge in [-0.25, -0.2) is 15.0 Å². The maximum atomic E-state index is 6.15. The van der Waals surface area contributed by atoms with Crippen LogP contribution in [0.1, 0.15) is 12.8 Å². The Bertz CT molecular complexity index is 813. The van der Waals surface area contributed by atoms with Gasteiger partial charge in [-0.2, -0.15) is 0 Å². The van der Waals surface area contributed by atoms with Crippen LogP contribution in [0, 0.1) is 0 Å². The van der Waals surface area contributed by atoms with Gasteiger partial charge in [0.25, 0.3) is 0 Å². The topological polar surface area (TPSA) is 72.9 Å². The zero-order chi connectivity index (χ0) is 16.4. The molecule has 1 fully saturated rings. The highest BCUT2D eigenvalue weighted by Crippen LogP contribution is 2.28. The lowest BCUT2D eigenvalue weighted by molar-refractivity contribution is 0.502. The van der Waals surface area contributed by atoms with Gasteiger partial charge in [0.2, 0.25) is 0 Å². The molecule has 1 atom stereocenters. The fourth-order valence-corrected chi connectivity index (χ4v) is 3.23. The molecule has 1 aliphatic heterocycles. The highest BCUT2D eigenvalue weighted by Gasteiger charge is 2.22. The van der Waals surface area contributed by atoms with E-state index in [1.165, 1.54) is 0 Å². The van der Waals surface area contributed by atoms with Crippen molar-refractivity contribution in [3.63, 3.8) is 0 Å². The molecule has 0 radical (unpaired) electrons. The Morgan fingerprint density at radius 1 is 1.12 bits per heavy atom. The van der Waals surface area contributed by atoms with E-state index in [0.29, 0.717) is 0 Å². The fraction of sp³-hybridized carbons (Fsp3) is 0.278. The smallest absolute Gasteiger partial charge is 0.156 e. The van der Waals surface area contributed by atoms with Gasteiger partial charge < -0.3 is 10.6 Å². The summed E-state index contributed by atoms with van der Waals surface area (Å²) in [7, 11) is 0. The third kappa shape index (κ3) is 2.76. The number of nitrogens with two attached hydrogens (primary N) is 1. The molecule has 1 aliphatic rings. The molecule has 2 N–H and O–H groups in total. The van der Waals surface area contributed by atoms with Gasteiger partial charge in [-0.05, 0) is 12.8 Å². The summed E-state index contributed by atoms with van der Waals surface area (Å²) in [5.41, 5.74) is 8.14. The second-order valence-electron chi connectivity index (χ2n) is 6.07. The lowest BCUT2D eigenvalue weighted by Crippen LogP contribution is -2.43. The zero-order valence-electron chi connectivity index (χ0n) is 13.4. The van der Waals surface area contributed by atoms with Gasteiger partial charge in [0.05, 0.1) is 6.20 Å². The van der Waals surface area contributed by atoms with Gasteiger partial charge in [0.15, 0.2) is 5.82 Å². The highest BCUT2D eigenvalue weighted by molar-refractivity contribution is 5.64. The van der Waals surface area contributed by atoms with Crippen LogP contribution in [0.4, 0.5) is 5.82 Å². The minimum atomic E-state index is 0.193. The van der Waals surface area contributed by atoms with Crippen molar-refractivity contribution in [2.45, 2.75) is 18.9 Å². The Morgan fingerprint density at radius 2 is 2.00 bits per heavy atom. The molecule has 6 heteroatoms. The van der Waals surface area contributed by atoms with E-state index in [2.05, 4.69) is 32.0 Å². The van der Waals surface area contributed by atoms with E-state index in [1.54, 1.807) is 12.5 Å². The van der Waals surface area contributed by atoms with Crippen molar-refractivity contribution in [1.29, 1.82) is 0 Å². The average molecular weight is 320 g/mol. The van der Waals surface area contributed by atoms with Crippen molar-refractivity contribution in [3.8, 4) is 17.1 Å². The molecular weight excluding hydrogens is 300 g/mol. The van der Waals surface area contributed by atoms with Crippen molar-refractivity contribution in [2.24, 2.45) is 5.73 Å². The molecule has 0 unspecified atom stereocenters. The Balaban J connectivity index is 1.78. The minimum Gasteiger partial charge on any atom is -0.353 e. The molecule has 0 spiro atoms. The molecule has 0 amide bonds. The number of anilines is 1. The van der Waals surface area contributed by atoms with Crippen LogP contribution < -0.4 is 10.6 Å². The molecule has 122 valence electrons. The molecular formula is C18H20N6. The quantitative estimate of drug-likeness (QED) is 0.801. The van der Waals surface area contributed by atoms with Gasteiger partial charge in [-0.15, -0.1) is 0 Å². The van der Waals surface area contributed by atoms with E-state index in [9.17, 15) is 0 Å². The van der Waals surface area contributed by atoms with E-state index in [-0.39, 0.29) is 6.04 Å². The summed E-state index contributed by atoms with van der Waals surface area (Å²) in [4.78, 5) is 15.5. The molecule has 4 rings (SSSR count). The Morgan fingerprint density at radius 3 is 2.83 bits per heavy atom. The van der Waals surface area contributed by atoms with Crippen molar-refractivity contribution in [1.82, 2.24) is 19.5 Å². The molecule has 1 aromatic carbocycles. The van der Waals surface area contributed by atoms with Gasteiger partial charge in [0, 0.05) is 37.1 Å². The summed E-state index contributed by atoms with van der Waals surface area (Å²) in [6, 6.07) is 10.3. The minimum absolute atomic E-state index is 0.193. The SMILES string of the molecule is N[C@H]1CCCN(c2ncncc2-n2ccnc2-c2ccccc2)C1. The summed E-state index contributed by atoms with van der Waals surface area (Å²) < 4.78 is 2.05. The second-order valence-corrected chi connectivity index (χ2v) is 6.07. The standard InChI is InChI=1S/C18H20N6/c19-15-7-4-9-23(12-15)18-16(11-20-13-22-18)24-10-8-21-17(24)14-5-2-1-3-6-14/h1-3,5-6,8,10-11,13,15H,4,7,9,12,19H2/t15-/m0/s1. The number of nitrogens with zero attached hydrogens (tertiary/aromatic N) is 5. The summed E-state index contributed by atoms with van der Waals surface area (Å²) in [6.45, 7) is 1.78. The molecule has 3 heterocycles. The number of hydrogen-bond acceptors (Lipinski definition) is 5. The van der Waals surface area contributed by atoms with Gasteiger partial charge in [0.1, 0.15) is 17.8 Å². The van der Waals surface area contributed by atoms with Crippen LogP contribution >= 0.6 is 0 Å². The van der Waals surface area contributed by atoms with Crippen LogP contribution in [0.2, 0.25) is 0 Å². The van der Waals surface area contributed by atoms with Gasteiger partial charge >= 0.3 is 0 Å². The molecule has 1 saturated heterocycles. The summed E-state index contributed by atoms with van der Waals surface area (Å²) in [6.07, 6.45) is 9.35. The van der Waals surface area contributed by atoms with E-state index < -0.39 is 0 Å². The van der Waals surface area contributed by atoms with Crippen LogP contribution in [-0.2, 0) is 0 Å². The summed E-state index contributed by atoms with van der Waals surface area (Å²) in [5, 5.41) is 0. The molecule has 2 aromatic heterocycles. The van der Waals surface area contributed by atoms with E-state index in [4.69, 9.17) is 5.73 Å². The van der Waals surface area contributed by atoms with Crippen molar-refractivity contribution in [2.75, 3.05) is 18.0 Å². The molecule has 24 heavy (non-hydrogen) atoms. The third-order valence-electron chi connectivity index (χ3n) is 4.36. The zero-order valence-corrected chi connectivity index (χ0v) is 13.4. The van der Waals surface area contributed by atoms with E-state index in [0.717, 1.165) is 48.8 Å². The number of rotatable bonds is 3. The number of benzene rings is 1. The maximum Gasteiger partial charge on any atom is 0.156 e. The molecule has 0 saturated carbocycles. The molecule has 0 aliphatic carbocycles. The Hall–Kier alpha value is -2.73. The molecule has 0 bridgehead atoms. The summed E-state index contributed by atoms with van der Waals surface area (Å²) in [5.74, 6) is 1.79. The lowest BCUT2D eigenvalue weighted by Gasteiger charge is -2.32. The van der Waals surface area contributed by atoms with Gasteiger partial charge in [-0.1, -0.05) is 30.3 Å². The fourth-order valence-electron chi connectivity index (χ4n) is 3.23. The highest BCUT2D eigenvalue weighted by atomic mass is 15.2. The largest absolute Gasteiger partial charge is 0.353 e. The molecule has 6 nitrogen and oxygen atoms in total. The monoisotopic (exact) mass is 320 g/mol. The maximum absolute atomic E-state index is 6.15. The van der Waals surface area contributed by atoms with Crippen molar-refractivity contribution in [3.05, 3.63) is 55.2 Å².